The third-order valence-corrected chi connectivity index (χ3v) is 2.80. The van der Waals surface area contributed by atoms with Gasteiger partial charge in [0.1, 0.15) is 0 Å². The molecule has 2 rings (SSSR count). The zero-order valence-electron chi connectivity index (χ0n) is 6.34. The van der Waals surface area contributed by atoms with Gasteiger partial charge in [0.25, 0.3) is 0 Å². The predicted molar refractivity (Wildman–Crippen MR) is 51.5 cm³/mol. The fraction of sp³-hybridized carbons (Fsp3) is 0.200. The lowest BCUT2D eigenvalue weighted by Crippen LogP contribution is -1.75. The largest absolute Gasteiger partial charge is 0.129 e. The van der Waals surface area contributed by atoms with E-state index in [1.54, 1.807) is 0 Å². The highest BCUT2D eigenvalue weighted by Crippen LogP contribution is 2.35. The topological polar surface area (TPSA) is 0 Å². The van der Waals surface area contributed by atoms with Crippen molar-refractivity contribution >= 4 is 11.8 Å². The fourth-order valence-electron chi connectivity index (χ4n) is 1.38. The number of fused-ring (bicyclic) bond motifs is 1. The van der Waals surface area contributed by atoms with Crippen LogP contribution in [0, 0.1) is 0 Å². The van der Waals surface area contributed by atoms with Gasteiger partial charge in [0.05, 0.1) is 0 Å². The van der Waals surface area contributed by atoms with Gasteiger partial charge in [-0.25, -0.2) is 0 Å². The molecule has 0 radical (unpaired) electrons. The van der Waals surface area contributed by atoms with Crippen molar-refractivity contribution in [3.8, 4) is 0 Å². The van der Waals surface area contributed by atoms with Crippen LogP contribution in [0.4, 0.5) is 0 Å². The lowest BCUT2D eigenvalue weighted by Gasteiger charge is -1.89. The van der Waals surface area contributed by atoms with Crippen LogP contribution in [0.25, 0.3) is 0 Å². The molecule has 1 heterocycles. The zero-order chi connectivity index (χ0) is 7.68. The van der Waals surface area contributed by atoms with E-state index in [1.807, 2.05) is 17.8 Å². The molecule has 0 bridgehead atoms. The molecule has 0 saturated heterocycles. The van der Waals surface area contributed by atoms with Gasteiger partial charge in [-0.05, 0) is 28.5 Å². The minimum absolute atomic E-state index is 1.01. The smallest absolute Gasteiger partial charge is 0.0232 e. The number of allylic oxidation sites excluding steroid dienone is 5. The third-order valence-electron chi connectivity index (χ3n) is 1.90. The normalized spacial score (nSPS) is 20.5. The van der Waals surface area contributed by atoms with E-state index >= 15 is 0 Å². The van der Waals surface area contributed by atoms with Crippen molar-refractivity contribution in [2.75, 3.05) is 5.75 Å². The van der Waals surface area contributed by atoms with Crippen LogP contribution in [-0.4, -0.2) is 5.75 Å². The molecule has 1 heteroatoms. The molecule has 1 aliphatic carbocycles. The molecule has 1 aliphatic heterocycles. The Morgan fingerprint density at radius 2 is 2.45 bits per heavy atom. The van der Waals surface area contributed by atoms with Crippen LogP contribution in [0.5, 0.6) is 0 Å². The lowest BCUT2D eigenvalue weighted by atomic mass is 10.2. The summed E-state index contributed by atoms with van der Waals surface area (Å²) in [5.74, 6) is 1.16. The van der Waals surface area contributed by atoms with Crippen molar-refractivity contribution in [3.63, 3.8) is 0 Å². The van der Waals surface area contributed by atoms with E-state index in [2.05, 4.69) is 24.1 Å². The molecule has 0 N–H and O–H groups in total. The number of thioether (sulfide) groups is 1. The van der Waals surface area contributed by atoms with Crippen molar-refractivity contribution < 1.29 is 0 Å². The Labute approximate surface area is 71.4 Å². The molecular formula is C10H10S. The first kappa shape index (κ1) is 6.99. The minimum atomic E-state index is 1.01. The van der Waals surface area contributed by atoms with E-state index in [0.29, 0.717) is 0 Å². The van der Waals surface area contributed by atoms with Gasteiger partial charge in [0, 0.05) is 5.75 Å². The number of rotatable bonds is 2. The molecule has 11 heavy (non-hydrogen) atoms. The first-order chi connectivity index (χ1) is 5.40. The summed E-state index contributed by atoms with van der Waals surface area (Å²) in [6.07, 6.45) is 7.51. The summed E-state index contributed by atoms with van der Waals surface area (Å²) >= 11 is 1.89. The second-order valence-corrected chi connectivity index (χ2v) is 3.62. The van der Waals surface area contributed by atoms with Gasteiger partial charge in [-0.3, -0.25) is 0 Å². The Hall–Kier alpha value is -0.690. The summed E-state index contributed by atoms with van der Waals surface area (Å²) in [5, 5.41) is 2.24. The quantitative estimate of drug-likeness (QED) is 0.562. The molecular weight excluding hydrogens is 152 g/mol. The first-order valence-electron chi connectivity index (χ1n) is 3.74. The number of hydrogen-bond donors (Lipinski definition) is 0. The standard InChI is InChI=1S/C10H10S/c1-2-3-8-4-9-6-11-7-10(9)5-8/h2,4-6H,1,3,7H2. The van der Waals surface area contributed by atoms with Gasteiger partial charge in [0.15, 0.2) is 0 Å². The molecule has 0 spiro atoms. The van der Waals surface area contributed by atoms with Gasteiger partial charge in [-0.2, -0.15) is 0 Å². The van der Waals surface area contributed by atoms with Crippen LogP contribution in [0.3, 0.4) is 0 Å². The molecule has 0 amide bonds. The molecule has 0 nitrogen and oxygen atoms in total. The Morgan fingerprint density at radius 1 is 1.55 bits per heavy atom. The monoisotopic (exact) mass is 162 g/mol. The molecule has 0 saturated carbocycles. The second kappa shape index (κ2) is 2.74. The molecule has 0 aromatic heterocycles. The van der Waals surface area contributed by atoms with Gasteiger partial charge in [0.2, 0.25) is 0 Å². The molecule has 0 unspecified atom stereocenters. The molecule has 0 atom stereocenters. The summed E-state index contributed by atoms with van der Waals surface area (Å²) in [6, 6.07) is 0. The summed E-state index contributed by atoms with van der Waals surface area (Å²) in [6.45, 7) is 3.72. The van der Waals surface area contributed by atoms with E-state index in [4.69, 9.17) is 0 Å². The summed E-state index contributed by atoms with van der Waals surface area (Å²) in [5.41, 5.74) is 4.32. The first-order valence-corrected chi connectivity index (χ1v) is 4.79. The van der Waals surface area contributed by atoms with Gasteiger partial charge in [-0.1, -0.05) is 18.2 Å². The maximum Gasteiger partial charge on any atom is 0.0232 e. The third kappa shape index (κ3) is 1.21. The van der Waals surface area contributed by atoms with Gasteiger partial charge >= 0.3 is 0 Å². The SMILES string of the molecule is C=CCC1=CC2=CSCC2=C1. The molecule has 0 aromatic carbocycles. The summed E-state index contributed by atoms with van der Waals surface area (Å²) in [7, 11) is 0. The highest BCUT2D eigenvalue weighted by atomic mass is 32.2. The average molecular weight is 162 g/mol. The van der Waals surface area contributed by atoms with Gasteiger partial charge in [-0.15, -0.1) is 18.3 Å². The van der Waals surface area contributed by atoms with Crippen molar-refractivity contribution in [2.45, 2.75) is 6.42 Å². The number of hydrogen-bond acceptors (Lipinski definition) is 1. The van der Waals surface area contributed by atoms with E-state index in [-0.39, 0.29) is 0 Å². The van der Waals surface area contributed by atoms with Crippen LogP contribution in [0.1, 0.15) is 6.42 Å². The highest BCUT2D eigenvalue weighted by molar-refractivity contribution is 8.02. The second-order valence-electron chi connectivity index (χ2n) is 2.77. The van der Waals surface area contributed by atoms with Crippen LogP contribution in [0.2, 0.25) is 0 Å². The Balaban J connectivity index is 2.23. The molecule has 0 aromatic rings. The van der Waals surface area contributed by atoms with Crippen LogP contribution >= 0.6 is 11.8 Å². The summed E-state index contributed by atoms with van der Waals surface area (Å²) in [4.78, 5) is 0. The Kier molecular flexibility index (Phi) is 1.74. The van der Waals surface area contributed by atoms with Crippen LogP contribution in [0.15, 0.2) is 46.9 Å². The fourth-order valence-corrected chi connectivity index (χ4v) is 2.29. The maximum absolute atomic E-state index is 3.72. The summed E-state index contributed by atoms with van der Waals surface area (Å²) < 4.78 is 0. The van der Waals surface area contributed by atoms with Crippen molar-refractivity contribution in [3.05, 3.63) is 46.9 Å². The van der Waals surface area contributed by atoms with Crippen LogP contribution < -0.4 is 0 Å². The molecule has 56 valence electrons. The zero-order valence-corrected chi connectivity index (χ0v) is 7.16. The average Bonchev–Trinajstić information content (AvgIpc) is 2.46. The molecule has 2 aliphatic rings. The predicted octanol–water partition coefficient (Wildman–Crippen LogP) is 3.06. The van der Waals surface area contributed by atoms with Gasteiger partial charge < -0.3 is 0 Å². The van der Waals surface area contributed by atoms with Crippen molar-refractivity contribution in [1.29, 1.82) is 0 Å². The lowest BCUT2D eigenvalue weighted by molar-refractivity contribution is 1.30. The van der Waals surface area contributed by atoms with Crippen molar-refractivity contribution in [2.24, 2.45) is 0 Å². The highest BCUT2D eigenvalue weighted by Gasteiger charge is 2.15. The maximum atomic E-state index is 3.72. The van der Waals surface area contributed by atoms with Crippen LogP contribution in [-0.2, 0) is 0 Å². The minimum Gasteiger partial charge on any atom is -0.129 e. The van der Waals surface area contributed by atoms with E-state index in [9.17, 15) is 0 Å². The van der Waals surface area contributed by atoms with Crippen molar-refractivity contribution in [1.82, 2.24) is 0 Å². The van der Waals surface area contributed by atoms with E-state index in [0.717, 1.165) is 12.2 Å². The Bertz CT molecular complexity index is 279. The van der Waals surface area contributed by atoms with E-state index < -0.39 is 0 Å². The van der Waals surface area contributed by atoms with E-state index in [1.165, 1.54) is 16.7 Å². The Morgan fingerprint density at radius 3 is 3.18 bits per heavy atom. The molecule has 0 fully saturated rings.